The molecule has 0 radical (unpaired) electrons. The first kappa shape index (κ1) is 16.2. The van der Waals surface area contributed by atoms with Crippen LogP contribution in [-0.4, -0.2) is 58.1 Å². The summed E-state index contributed by atoms with van der Waals surface area (Å²) in [6, 6.07) is 6.88. The van der Waals surface area contributed by atoms with Crippen LogP contribution in [0.4, 0.5) is 5.69 Å². The summed E-state index contributed by atoms with van der Waals surface area (Å²) in [7, 11) is -1.27. The van der Waals surface area contributed by atoms with Gasteiger partial charge in [-0.3, -0.25) is 0 Å². The van der Waals surface area contributed by atoms with E-state index in [1.807, 2.05) is 6.92 Å². The lowest BCUT2D eigenvalue weighted by molar-refractivity contribution is 0.179. The van der Waals surface area contributed by atoms with E-state index in [0.717, 1.165) is 38.3 Å². The monoisotopic (exact) mass is 312 g/mol. The lowest BCUT2D eigenvalue weighted by Gasteiger charge is -2.33. The fourth-order valence-corrected chi connectivity index (χ4v) is 3.26. The fourth-order valence-electron chi connectivity index (χ4n) is 2.13. The molecule has 1 aliphatic rings. The van der Waals surface area contributed by atoms with E-state index in [0.29, 0.717) is 11.4 Å². The molecule has 0 saturated carbocycles. The van der Waals surface area contributed by atoms with Gasteiger partial charge in [-0.25, -0.2) is 18.1 Å². The van der Waals surface area contributed by atoms with Crippen molar-refractivity contribution in [3.63, 3.8) is 0 Å². The van der Waals surface area contributed by atoms with Crippen molar-refractivity contribution in [3.05, 3.63) is 24.3 Å². The Kier molecular flexibility index (Phi) is 5.58. The largest absolute Gasteiger partial charge is 0.319 e. The van der Waals surface area contributed by atoms with Gasteiger partial charge in [0, 0.05) is 38.4 Å². The van der Waals surface area contributed by atoms with Crippen molar-refractivity contribution >= 4 is 15.7 Å². The number of likely N-dealkylation sites (N-methyl/N-ethyl adjacent to an activating group) is 1. The van der Waals surface area contributed by atoms with Gasteiger partial charge in [-0.2, -0.15) is 0 Å². The Balaban J connectivity index is 1.96. The number of hydrazine groups is 1. The summed E-state index contributed by atoms with van der Waals surface area (Å²) in [5.74, 6) is 0. The van der Waals surface area contributed by atoms with E-state index in [4.69, 9.17) is 0 Å². The van der Waals surface area contributed by atoms with Crippen molar-refractivity contribution in [2.75, 3.05) is 45.2 Å². The Morgan fingerprint density at radius 1 is 1.10 bits per heavy atom. The standard InChI is InChI=1S/C14H24N4O2S/c1-3-8-15-21(19,20)14-6-4-13(5-7-14)16-18-11-9-17(2)10-12-18/h4-7,15-16H,3,8-12H2,1-2H3. The number of rotatable bonds is 6. The Hall–Kier alpha value is -1.15. The molecule has 1 aromatic rings. The first-order chi connectivity index (χ1) is 10.0. The van der Waals surface area contributed by atoms with Crippen molar-refractivity contribution in [2.24, 2.45) is 0 Å². The van der Waals surface area contributed by atoms with Gasteiger partial charge in [-0.1, -0.05) is 6.92 Å². The Bertz CT molecular complexity index is 537. The van der Waals surface area contributed by atoms with Gasteiger partial charge < -0.3 is 10.3 Å². The quantitative estimate of drug-likeness (QED) is 0.819. The lowest BCUT2D eigenvalue weighted by atomic mass is 10.3. The molecule has 0 atom stereocenters. The second-order valence-corrected chi connectivity index (χ2v) is 7.09. The average molecular weight is 312 g/mol. The van der Waals surface area contributed by atoms with Gasteiger partial charge >= 0.3 is 0 Å². The van der Waals surface area contributed by atoms with Crippen molar-refractivity contribution in [1.82, 2.24) is 14.6 Å². The Morgan fingerprint density at radius 3 is 2.29 bits per heavy atom. The number of piperazine rings is 1. The average Bonchev–Trinajstić information content (AvgIpc) is 2.48. The summed E-state index contributed by atoms with van der Waals surface area (Å²) in [5.41, 5.74) is 4.23. The van der Waals surface area contributed by atoms with Gasteiger partial charge in [0.1, 0.15) is 0 Å². The van der Waals surface area contributed by atoms with E-state index in [-0.39, 0.29) is 0 Å². The van der Waals surface area contributed by atoms with Crippen LogP contribution in [0.5, 0.6) is 0 Å². The molecule has 1 aromatic carbocycles. The van der Waals surface area contributed by atoms with Crippen LogP contribution in [0, 0.1) is 0 Å². The maximum Gasteiger partial charge on any atom is 0.240 e. The minimum Gasteiger partial charge on any atom is -0.319 e. The highest BCUT2D eigenvalue weighted by molar-refractivity contribution is 7.89. The summed E-state index contributed by atoms with van der Waals surface area (Å²) in [5, 5.41) is 2.15. The molecule has 1 saturated heterocycles. The maximum absolute atomic E-state index is 12.0. The first-order valence-corrected chi connectivity index (χ1v) is 8.79. The zero-order valence-corrected chi connectivity index (χ0v) is 13.5. The number of nitrogens with one attached hydrogen (secondary N) is 2. The zero-order chi connectivity index (χ0) is 15.3. The van der Waals surface area contributed by atoms with Crippen LogP contribution in [0.15, 0.2) is 29.2 Å². The van der Waals surface area contributed by atoms with Gasteiger partial charge in [-0.15, -0.1) is 0 Å². The zero-order valence-electron chi connectivity index (χ0n) is 12.7. The first-order valence-electron chi connectivity index (χ1n) is 7.31. The van der Waals surface area contributed by atoms with Crippen molar-refractivity contribution < 1.29 is 8.42 Å². The summed E-state index contributed by atoms with van der Waals surface area (Å²) < 4.78 is 26.5. The minimum absolute atomic E-state index is 0.305. The van der Waals surface area contributed by atoms with Crippen LogP contribution >= 0.6 is 0 Å². The number of anilines is 1. The third-order valence-electron chi connectivity index (χ3n) is 3.50. The lowest BCUT2D eigenvalue weighted by Crippen LogP contribution is -2.46. The number of sulfonamides is 1. The molecule has 0 unspecified atom stereocenters. The molecule has 2 N–H and O–H groups in total. The normalized spacial score (nSPS) is 17.8. The molecule has 7 heteroatoms. The van der Waals surface area contributed by atoms with Gasteiger partial charge in [0.15, 0.2) is 0 Å². The molecule has 0 bridgehead atoms. The molecular formula is C14H24N4O2S. The minimum atomic E-state index is -3.38. The predicted octanol–water partition coefficient (Wildman–Crippen LogP) is 0.949. The molecule has 118 valence electrons. The molecule has 0 spiro atoms. The topological polar surface area (TPSA) is 64.7 Å². The van der Waals surface area contributed by atoms with Gasteiger partial charge in [0.25, 0.3) is 0 Å². The van der Waals surface area contributed by atoms with Crippen molar-refractivity contribution in [2.45, 2.75) is 18.2 Å². The van der Waals surface area contributed by atoms with E-state index in [9.17, 15) is 8.42 Å². The molecule has 0 amide bonds. The van der Waals surface area contributed by atoms with Crippen molar-refractivity contribution in [1.29, 1.82) is 0 Å². The SMILES string of the molecule is CCCNS(=O)(=O)c1ccc(NN2CCN(C)CC2)cc1. The Morgan fingerprint density at radius 2 is 1.71 bits per heavy atom. The van der Waals surface area contributed by atoms with Crippen LogP contribution in [0.25, 0.3) is 0 Å². The van der Waals surface area contributed by atoms with Gasteiger partial charge in [-0.05, 0) is 37.7 Å². The van der Waals surface area contributed by atoms with E-state index in [1.165, 1.54) is 0 Å². The maximum atomic E-state index is 12.0. The molecule has 1 aliphatic heterocycles. The third kappa shape index (κ3) is 4.67. The molecule has 0 aromatic heterocycles. The molecule has 0 aliphatic carbocycles. The molecule has 2 rings (SSSR count). The molecule has 1 heterocycles. The van der Waals surface area contributed by atoms with Crippen LogP contribution in [-0.2, 0) is 10.0 Å². The summed E-state index contributed by atoms with van der Waals surface area (Å²) in [6.07, 6.45) is 0.780. The molecular weight excluding hydrogens is 288 g/mol. The summed E-state index contributed by atoms with van der Waals surface area (Å²) in [4.78, 5) is 2.59. The number of hydrogen-bond donors (Lipinski definition) is 2. The predicted molar refractivity (Wildman–Crippen MR) is 84.6 cm³/mol. The second kappa shape index (κ2) is 7.22. The van der Waals surface area contributed by atoms with E-state index >= 15 is 0 Å². The molecule has 6 nitrogen and oxygen atoms in total. The summed E-state index contributed by atoms with van der Waals surface area (Å²) >= 11 is 0. The van der Waals surface area contributed by atoms with Crippen LogP contribution in [0.2, 0.25) is 0 Å². The van der Waals surface area contributed by atoms with Gasteiger partial charge in [0.05, 0.1) is 4.90 Å². The third-order valence-corrected chi connectivity index (χ3v) is 4.97. The number of benzene rings is 1. The van der Waals surface area contributed by atoms with Crippen LogP contribution in [0.1, 0.15) is 13.3 Å². The second-order valence-electron chi connectivity index (χ2n) is 5.32. The summed E-state index contributed by atoms with van der Waals surface area (Å²) in [6.45, 7) is 6.36. The highest BCUT2D eigenvalue weighted by Gasteiger charge is 2.15. The number of hydrogen-bond acceptors (Lipinski definition) is 5. The fraction of sp³-hybridized carbons (Fsp3) is 0.571. The van der Waals surface area contributed by atoms with E-state index in [1.54, 1.807) is 24.3 Å². The highest BCUT2D eigenvalue weighted by Crippen LogP contribution is 2.15. The highest BCUT2D eigenvalue weighted by atomic mass is 32.2. The Labute approximate surface area is 127 Å². The van der Waals surface area contributed by atoms with E-state index < -0.39 is 10.0 Å². The molecule has 21 heavy (non-hydrogen) atoms. The van der Waals surface area contributed by atoms with Crippen LogP contribution < -0.4 is 10.1 Å². The smallest absolute Gasteiger partial charge is 0.240 e. The van der Waals surface area contributed by atoms with Gasteiger partial charge in [0.2, 0.25) is 10.0 Å². The van der Waals surface area contributed by atoms with Crippen molar-refractivity contribution in [3.8, 4) is 0 Å². The molecule has 1 fully saturated rings. The number of nitrogens with zero attached hydrogens (tertiary/aromatic N) is 2. The van der Waals surface area contributed by atoms with Crippen LogP contribution in [0.3, 0.4) is 0 Å². The van der Waals surface area contributed by atoms with E-state index in [2.05, 4.69) is 27.1 Å².